The molecule has 0 saturated carbocycles. The van der Waals surface area contributed by atoms with E-state index in [-0.39, 0.29) is 13.2 Å². The summed E-state index contributed by atoms with van der Waals surface area (Å²) in [6.07, 6.45) is -0.354. The minimum atomic E-state index is -1.14. The highest BCUT2D eigenvalue weighted by Gasteiger charge is 2.40. The Morgan fingerprint density at radius 3 is 2.57 bits per heavy atom. The van der Waals surface area contributed by atoms with Gasteiger partial charge in [0.15, 0.2) is 6.04 Å². The molecule has 1 aliphatic rings. The SMILES string of the molecule is COCC(C(=O)O)N1CCC(NC(=O)OC(C)(C)C)C1=O. The lowest BCUT2D eigenvalue weighted by Gasteiger charge is -2.24. The number of likely N-dealkylation sites (tertiary alicyclic amines) is 1. The van der Waals surface area contributed by atoms with Crippen molar-refractivity contribution in [3.8, 4) is 0 Å². The minimum Gasteiger partial charge on any atom is -0.480 e. The molecule has 2 N–H and O–H groups in total. The number of carboxylic acids is 1. The zero-order valence-electron chi connectivity index (χ0n) is 12.7. The van der Waals surface area contributed by atoms with Crippen LogP contribution in [0.25, 0.3) is 0 Å². The van der Waals surface area contributed by atoms with Crippen LogP contribution in [0.4, 0.5) is 4.79 Å². The first kappa shape index (κ1) is 17.2. The first-order chi connectivity index (χ1) is 9.65. The standard InChI is InChI=1S/C13H22N2O6/c1-13(2,3)21-12(19)14-8-5-6-15(10(8)16)9(7-20-4)11(17)18/h8-9H,5-7H2,1-4H3,(H,14,19)(H,17,18). The lowest BCUT2D eigenvalue weighted by Crippen LogP contribution is -2.49. The minimum absolute atomic E-state index is 0.0970. The summed E-state index contributed by atoms with van der Waals surface area (Å²) in [4.78, 5) is 36.2. The highest BCUT2D eigenvalue weighted by Crippen LogP contribution is 2.16. The largest absolute Gasteiger partial charge is 0.480 e. The van der Waals surface area contributed by atoms with Gasteiger partial charge in [-0.3, -0.25) is 4.79 Å². The summed E-state index contributed by atoms with van der Waals surface area (Å²) >= 11 is 0. The van der Waals surface area contributed by atoms with Crippen molar-refractivity contribution in [1.29, 1.82) is 0 Å². The van der Waals surface area contributed by atoms with Gasteiger partial charge in [-0.1, -0.05) is 0 Å². The number of carbonyl (C=O) groups is 3. The molecule has 1 heterocycles. The van der Waals surface area contributed by atoms with Gasteiger partial charge in [-0.2, -0.15) is 0 Å². The van der Waals surface area contributed by atoms with Crippen LogP contribution in [0.5, 0.6) is 0 Å². The van der Waals surface area contributed by atoms with Crippen LogP contribution in [0, 0.1) is 0 Å². The number of carbonyl (C=O) groups excluding carboxylic acids is 2. The Morgan fingerprint density at radius 2 is 2.10 bits per heavy atom. The number of methoxy groups -OCH3 is 1. The summed E-state index contributed by atoms with van der Waals surface area (Å²) in [7, 11) is 1.37. The average Bonchev–Trinajstić information content (AvgIpc) is 2.65. The third-order valence-corrected chi connectivity index (χ3v) is 2.92. The molecule has 0 radical (unpaired) electrons. The van der Waals surface area contributed by atoms with Crippen LogP contribution in [0.1, 0.15) is 27.2 Å². The monoisotopic (exact) mass is 302 g/mol. The molecule has 0 aromatic heterocycles. The fraction of sp³-hybridized carbons (Fsp3) is 0.769. The van der Waals surface area contributed by atoms with E-state index in [2.05, 4.69) is 5.32 Å². The van der Waals surface area contributed by atoms with E-state index in [1.165, 1.54) is 12.0 Å². The molecule has 1 aliphatic heterocycles. The van der Waals surface area contributed by atoms with Gasteiger partial charge in [-0.05, 0) is 27.2 Å². The number of nitrogens with one attached hydrogen (secondary N) is 1. The van der Waals surface area contributed by atoms with Crippen molar-refractivity contribution in [3.05, 3.63) is 0 Å². The van der Waals surface area contributed by atoms with Crippen LogP contribution in [0.15, 0.2) is 0 Å². The van der Waals surface area contributed by atoms with Gasteiger partial charge in [-0.25, -0.2) is 9.59 Å². The molecule has 0 bridgehead atoms. The van der Waals surface area contributed by atoms with Gasteiger partial charge in [0.2, 0.25) is 5.91 Å². The molecular weight excluding hydrogens is 280 g/mol. The van der Waals surface area contributed by atoms with E-state index in [0.717, 1.165) is 0 Å². The first-order valence-corrected chi connectivity index (χ1v) is 6.67. The van der Waals surface area contributed by atoms with Crippen LogP contribution in [-0.2, 0) is 19.1 Å². The van der Waals surface area contributed by atoms with Gasteiger partial charge < -0.3 is 24.8 Å². The number of nitrogens with zero attached hydrogens (tertiary/aromatic N) is 1. The van der Waals surface area contributed by atoms with Gasteiger partial charge >= 0.3 is 12.1 Å². The van der Waals surface area contributed by atoms with Crippen molar-refractivity contribution in [3.63, 3.8) is 0 Å². The maximum absolute atomic E-state index is 12.2. The Kier molecular flexibility index (Phi) is 5.54. The zero-order chi connectivity index (χ0) is 16.2. The molecule has 2 atom stereocenters. The molecule has 1 saturated heterocycles. The van der Waals surface area contributed by atoms with E-state index in [4.69, 9.17) is 14.6 Å². The fourth-order valence-corrected chi connectivity index (χ4v) is 2.05. The van der Waals surface area contributed by atoms with E-state index >= 15 is 0 Å². The highest BCUT2D eigenvalue weighted by molar-refractivity contribution is 5.91. The summed E-state index contributed by atoms with van der Waals surface area (Å²) < 4.78 is 9.90. The van der Waals surface area contributed by atoms with Crippen LogP contribution < -0.4 is 5.32 Å². The normalized spacial score (nSPS) is 20.3. The number of aliphatic carboxylic acids is 1. The Balaban J connectivity index is 2.64. The highest BCUT2D eigenvalue weighted by atomic mass is 16.6. The van der Waals surface area contributed by atoms with E-state index in [9.17, 15) is 14.4 Å². The predicted octanol–water partition coefficient (Wildman–Crippen LogP) is 0.212. The number of amides is 2. The van der Waals surface area contributed by atoms with Crippen molar-refractivity contribution in [2.24, 2.45) is 0 Å². The van der Waals surface area contributed by atoms with Gasteiger partial charge in [0.05, 0.1) is 6.61 Å². The smallest absolute Gasteiger partial charge is 0.408 e. The number of carboxylic acid groups (broad SMARTS) is 1. The van der Waals surface area contributed by atoms with Gasteiger partial charge in [0, 0.05) is 13.7 Å². The summed E-state index contributed by atoms with van der Waals surface area (Å²) in [5, 5.41) is 11.6. The van der Waals surface area contributed by atoms with Crippen LogP contribution in [-0.4, -0.2) is 65.9 Å². The molecule has 8 heteroatoms. The molecular formula is C13H22N2O6. The molecule has 0 aliphatic carbocycles. The zero-order valence-corrected chi connectivity index (χ0v) is 12.7. The third-order valence-electron chi connectivity index (χ3n) is 2.92. The average molecular weight is 302 g/mol. The number of hydrogen-bond donors (Lipinski definition) is 2. The van der Waals surface area contributed by atoms with E-state index < -0.39 is 35.7 Å². The van der Waals surface area contributed by atoms with Crippen LogP contribution in [0.3, 0.4) is 0 Å². The van der Waals surface area contributed by atoms with Crippen molar-refractivity contribution < 1.29 is 29.0 Å². The molecule has 21 heavy (non-hydrogen) atoms. The maximum atomic E-state index is 12.2. The topological polar surface area (TPSA) is 105 Å². The van der Waals surface area contributed by atoms with Crippen molar-refractivity contribution in [1.82, 2.24) is 10.2 Å². The van der Waals surface area contributed by atoms with Gasteiger partial charge in [0.25, 0.3) is 0 Å². The fourth-order valence-electron chi connectivity index (χ4n) is 2.05. The molecule has 1 fully saturated rings. The molecule has 1 rings (SSSR count). The third kappa shape index (κ3) is 4.89. The predicted molar refractivity (Wildman–Crippen MR) is 72.8 cm³/mol. The van der Waals surface area contributed by atoms with E-state index in [1.54, 1.807) is 20.8 Å². The summed E-state index contributed by atoms with van der Waals surface area (Å²) in [6.45, 7) is 5.30. The Hall–Kier alpha value is -1.83. The summed E-state index contributed by atoms with van der Waals surface area (Å²) in [6, 6.07) is -1.81. The Morgan fingerprint density at radius 1 is 1.48 bits per heavy atom. The quantitative estimate of drug-likeness (QED) is 0.752. The number of ether oxygens (including phenoxy) is 2. The lowest BCUT2D eigenvalue weighted by molar-refractivity contribution is -0.150. The lowest BCUT2D eigenvalue weighted by atomic mass is 10.2. The van der Waals surface area contributed by atoms with Gasteiger partial charge in [-0.15, -0.1) is 0 Å². The molecule has 0 spiro atoms. The first-order valence-electron chi connectivity index (χ1n) is 6.67. The second-order valence-electron chi connectivity index (χ2n) is 5.83. The van der Waals surface area contributed by atoms with E-state index in [1.807, 2.05) is 0 Å². The Bertz CT molecular complexity index is 417. The van der Waals surface area contributed by atoms with Crippen LogP contribution in [0.2, 0.25) is 0 Å². The molecule has 120 valence electrons. The second kappa shape index (κ2) is 6.75. The Labute approximate surface area is 123 Å². The number of alkyl carbamates (subject to hydrolysis) is 1. The second-order valence-corrected chi connectivity index (χ2v) is 5.83. The van der Waals surface area contributed by atoms with Crippen molar-refractivity contribution >= 4 is 18.0 Å². The molecule has 8 nitrogen and oxygen atoms in total. The maximum Gasteiger partial charge on any atom is 0.408 e. The van der Waals surface area contributed by atoms with Gasteiger partial charge in [0.1, 0.15) is 11.6 Å². The van der Waals surface area contributed by atoms with Crippen LogP contribution >= 0.6 is 0 Å². The summed E-state index contributed by atoms with van der Waals surface area (Å²) in [5.74, 6) is -1.58. The number of hydrogen-bond acceptors (Lipinski definition) is 5. The molecule has 0 aromatic rings. The van der Waals surface area contributed by atoms with E-state index in [0.29, 0.717) is 6.42 Å². The number of rotatable bonds is 5. The van der Waals surface area contributed by atoms with Crippen molar-refractivity contribution in [2.75, 3.05) is 20.3 Å². The summed E-state index contributed by atoms with van der Waals surface area (Å²) in [5.41, 5.74) is -0.662. The molecule has 2 amide bonds. The molecule has 0 aromatic carbocycles. The molecule has 2 unspecified atom stereocenters. The van der Waals surface area contributed by atoms with Crippen molar-refractivity contribution in [2.45, 2.75) is 44.9 Å².